The highest BCUT2D eigenvalue weighted by molar-refractivity contribution is 7.92. The fourth-order valence-electron chi connectivity index (χ4n) is 3.87. The lowest BCUT2D eigenvalue weighted by Crippen LogP contribution is -2.48. The van der Waals surface area contributed by atoms with Crippen LogP contribution in [0.4, 0.5) is 5.69 Å². The number of halogens is 1. The first-order valence-electron chi connectivity index (χ1n) is 11.3. The zero-order valence-corrected chi connectivity index (χ0v) is 22.1. The van der Waals surface area contributed by atoms with E-state index in [0.29, 0.717) is 29.5 Å². The normalized spacial score (nSPS) is 15.9. The molecule has 192 valence electrons. The number of nitrogens with zero attached hydrogens (tertiary/aromatic N) is 2. The molecule has 35 heavy (non-hydrogen) atoms. The average Bonchev–Trinajstić information content (AvgIpc) is 2.82. The van der Waals surface area contributed by atoms with Crippen LogP contribution in [0.25, 0.3) is 0 Å². The maximum absolute atomic E-state index is 12.7. The van der Waals surface area contributed by atoms with E-state index in [1.807, 2.05) is 0 Å². The van der Waals surface area contributed by atoms with E-state index in [1.54, 1.807) is 30.3 Å². The van der Waals surface area contributed by atoms with Crippen LogP contribution in [-0.4, -0.2) is 65.6 Å². The van der Waals surface area contributed by atoms with E-state index in [1.165, 1.54) is 29.4 Å². The lowest BCUT2D eigenvalue weighted by Gasteiger charge is -2.28. The van der Waals surface area contributed by atoms with Gasteiger partial charge in [-0.15, -0.1) is 0 Å². The monoisotopic (exact) mass is 543 g/mol. The molecule has 1 aliphatic heterocycles. The summed E-state index contributed by atoms with van der Waals surface area (Å²) < 4.78 is 58.2. The summed E-state index contributed by atoms with van der Waals surface area (Å²) in [5.74, 6) is -0.0384. The number of anilines is 1. The van der Waals surface area contributed by atoms with Crippen LogP contribution in [0, 0.1) is 0 Å². The number of nitrogens with one attached hydrogen (secondary N) is 1. The molecular weight excluding hydrogens is 514 g/mol. The molecule has 0 bridgehead atoms. The predicted molar refractivity (Wildman–Crippen MR) is 136 cm³/mol. The Morgan fingerprint density at radius 2 is 1.74 bits per heavy atom. The van der Waals surface area contributed by atoms with Gasteiger partial charge in [-0.05, 0) is 62.2 Å². The minimum Gasteiger partial charge on any atom is -0.492 e. The van der Waals surface area contributed by atoms with Gasteiger partial charge in [-0.25, -0.2) is 16.8 Å². The van der Waals surface area contributed by atoms with Gasteiger partial charge in [0.05, 0.1) is 23.4 Å². The summed E-state index contributed by atoms with van der Waals surface area (Å²) in [5, 5.41) is 3.02. The third kappa shape index (κ3) is 7.09. The van der Waals surface area contributed by atoms with Crippen LogP contribution in [0.5, 0.6) is 5.75 Å². The second kappa shape index (κ2) is 11.6. The van der Waals surface area contributed by atoms with Gasteiger partial charge in [0.2, 0.25) is 26.0 Å². The Balaban J connectivity index is 1.54. The molecule has 9 nitrogen and oxygen atoms in total. The summed E-state index contributed by atoms with van der Waals surface area (Å²) in [5.41, 5.74) is 0.290. The van der Waals surface area contributed by atoms with Gasteiger partial charge < -0.3 is 10.1 Å². The van der Waals surface area contributed by atoms with E-state index >= 15 is 0 Å². The molecule has 0 aliphatic carbocycles. The van der Waals surface area contributed by atoms with E-state index in [4.69, 9.17) is 16.3 Å². The van der Waals surface area contributed by atoms with E-state index in [9.17, 15) is 21.6 Å². The SMILES string of the molecule is C[C@H](C(=O)NCCOc1ccc(S(=O)(=O)N2CCCCC2)cc1)N(c1cccc(Cl)c1)S(C)(=O)=O. The molecule has 1 aliphatic rings. The molecule has 0 spiro atoms. The first-order valence-corrected chi connectivity index (χ1v) is 14.9. The quantitative estimate of drug-likeness (QED) is 0.461. The van der Waals surface area contributed by atoms with Crippen LogP contribution in [0.1, 0.15) is 26.2 Å². The molecule has 2 aromatic carbocycles. The van der Waals surface area contributed by atoms with Crippen LogP contribution in [0.3, 0.4) is 0 Å². The largest absolute Gasteiger partial charge is 0.492 e. The van der Waals surface area contributed by atoms with Gasteiger partial charge in [0.25, 0.3) is 0 Å². The minimum atomic E-state index is -3.75. The van der Waals surface area contributed by atoms with E-state index in [2.05, 4.69) is 5.32 Å². The van der Waals surface area contributed by atoms with Crippen LogP contribution in [-0.2, 0) is 24.8 Å². The molecule has 2 aromatic rings. The molecule has 12 heteroatoms. The number of piperidine rings is 1. The van der Waals surface area contributed by atoms with E-state index in [0.717, 1.165) is 29.8 Å². The van der Waals surface area contributed by atoms with Crippen molar-refractivity contribution in [2.24, 2.45) is 0 Å². The number of carbonyl (C=O) groups excluding carboxylic acids is 1. The Morgan fingerprint density at radius 3 is 2.34 bits per heavy atom. The maximum Gasteiger partial charge on any atom is 0.243 e. The summed E-state index contributed by atoms with van der Waals surface area (Å²) >= 11 is 5.98. The van der Waals surface area contributed by atoms with Crippen molar-refractivity contribution in [2.75, 3.05) is 36.8 Å². The Morgan fingerprint density at radius 1 is 1.09 bits per heavy atom. The molecule has 0 saturated carbocycles. The molecule has 3 rings (SSSR count). The first kappa shape index (κ1) is 27.3. The fraction of sp³-hybridized carbons (Fsp3) is 0.435. The fourth-order valence-corrected chi connectivity index (χ4v) is 6.74. The smallest absolute Gasteiger partial charge is 0.243 e. The van der Waals surface area contributed by atoms with Gasteiger partial charge in [-0.2, -0.15) is 4.31 Å². The average molecular weight is 544 g/mol. The highest BCUT2D eigenvalue weighted by atomic mass is 35.5. The summed E-state index contributed by atoms with van der Waals surface area (Å²) in [6.07, 6.45) is 3.80. The van der Waals surface area contributed by atoms with Crippen molar-refractivity contribution in [1.29, 1.82) is 0 Å². The highest BCUT2D eigenvalue weighted by Crippen LogP contribution is 2.25. The van der Waals surface area contributed by atoms with Gasteiger partial charge in [-0.1, -0.05) is 24.1 Å². The Bertz CT molecular complexity index is 1230. The van der Waals surface area contributed by atoms with Crippen molar-refractivity contribution in [3.8, 4) is 5.75 Å². The zero-order valence-electron chi connectivity index (χ0n) is 19.7. The third-order valence-corrected chi connectivity index (χ3v) is 8.99. The predicted octanol–water partition coefficient (Wildman–Crippen LogP) is 2.86. The van der Waals surface area contributed by atoms with Gasteiger partial charge in [0, 0.05) is 18.1 Å². The zero-order chi connectivity index (χ0) is 25.6. The van der Waals surface area contributed by atoms with Crippen molar-refractivity contribution in [3.05, 3.63) is 53.6 Å². The number of hydrogen-bond acceptors (Lipinski definition) is 6. The van der Waals surface area contributed by atoms with Crippen molar-refractivity contribution in [3.63, 3.8) is 0 Å². The van der Waals surface area contributed by atoms with Crippen molar-refractivity contribution in [1.82, 2.24) is 9.62 Å². The summed E-state index contributed by atoms with van der Waals surface area (Å²) in [6.45, 7) is 2.80. The molecule has 1 heterocycles. The second-order valence-corrected chi connectivity index (χ2v) is 12.5. The summed E-state index contributed by atoms with van der Waals surface area (Å²) in [7, 11) is -7.26. The Kier molecular flexibility index (Phi) is 9.03. The second-order valence-electron chi connectivity index (χ2n) is 8.29. The number of amides is 1. The van der Waals surface area contributed by atoms with E-state index < -0.39 is 32.0 Å². The minimum absolute atomic E-state index is 0.118. The molecule has 0 radical (unpaired) electrons. The molecule has 1 amide bonds. The number of carbonyl (C=O) groups is 1. The Labute approximate surface area is 212 Å². The first-order chi connectivity index (χ1) is 16.5. The number of rotatable bonds is 10. The van der Waals surface area contributed by atoms with E-state index in [-0.39, 0.29) is 18.0 Å². The van der Waals surface area contributed by atoms with Crippen LogP contribution < -0.4 is 14.4 Å². The molecular formula is C23H30ClN3O6S2. The van der Waals surface area contributed by atoms with Crippen LogP contribution >= 0.6 is 11.6 Å². The van der Waals surface area contributed by atoms with Crippen molar-refractivity contribution >= 4 is 43.2 Å². The molecule has 0 unspecified atom stereocenters. The molecule has 1 fully saturated rings. The van der Waals surface area contributed by atoms with Crippen LogP contribution in [0.15, 0.2) is 53.4 Å². The topological polar surface area (TPSA) is 113 Å². The van der Waals surface area contributed by atoms with Crippen molar-refractivity contribution in [2.45, 2.75) is 37.1 Å². The number of hydrogen-bond donors (Lipinski definition) is 1. The maximum atomic E-state index is 12.7. The number of benzene rings is 2. The third-order valence-electron chi connectivity index (χ3n) is 5.60. The summed E-state index contributed by atoms with van der Waals surface area (Å²) in [4.78, 5) is 12.8. The number of sulfonamides is 2. The Hall–Kier alpha value is -2.34. The lowest BCUT2D eigenvalue weighted by atomic mass is 10.2. The van der Waals surface area contributed by atoms with Gasteiger partial charge in [0.15, 0.2) is 0 Å². The van der Waals surface area contributed by atoms with Crippen LogP contribution in [0.2, 0.25) is 5.02 Å². The highest BCUT2D eigenvalue weighted by Gasteiger charge is 2.29. The molecule has 1 atom stereocenters. The van der Waals surface area contributed by atoms with Crippen molar-refractivity contribution < 1.29 is 26.4 Å². The summed E-state index contributed by atoms with van der Waals surface area (Å²) in [6, 6.07) is 11.4. The number of ether oxygens (including phenoxy) is 1. The standard InChI is InChI=1S/C23H30ClN3O6S2/c1-18(27(34(2,29)30)20-8-6-7-19(24)17-20)23(28)25-13-16-33-21-9-11-22(12-10-21)35(31,32)26-14-4-3-5-15-26/h6-12,17-18H,3-5,13-16H2,1-2H3,(H,25,28)/t18-/m1/s1. The molecule has 1 saturated heterocycles. The molecule has 0 aromatic heterocycles. The lowest BCUT2D eigenvalue weighted by molar-refractivity contribution is -0.121. The van der Waals surface area contributed by atoms with Gasteiger partial charge in [-0.3, -0.25) is 9.10 Å². The molecule has 1 N–H and O–H groups in total. The van der Waals surface area contributed by atoms with Gasteiger partial charge >= 0.3 is 0 Å². The van der Waals surface area contributed by atoms with Gasteiger partial charge in [0.1, 0.15) is 18.4 Å².